The second-order valence-corrected chi connectivity index (χ2v) is 4.66. The van der Waals surface area contributed by atoms with Crippen LogP contribution in [0.5, 0.6) is 0 Å². The van der Waals surface area contributed by atoms with Gasteiger partial charge in [-0.15, -0.1) is 0 Å². The van der Waals surface area contributed by atoms with Gasteiger partial charge in [0, 0.05) is 18.8 Å². The molecule has 0 spiro atoms. The molecule has 5 heteroatoms. The van der Waals surface area contributed by atoms with Gasteiger partial charge in [-0.2, -0.15) is 5.26 Å². The third-order valence-corrected chi connectivity index (χ3v) is 2.85. The van der Waals surface area contributed by atoms with Crippen molar-refractivity contribution < 1.29 is 0 Å². The molecule has 2 rings (SSSR count). The predicted molar refractivity (Wildman–Crippen MR) is 80.1 cm³/mol. The largest absolute Gasteiger partial charge is 0.346 e. The number of aromatic nitrogens is 2. The van der Waals surface area contributed by atoms with Crippen LogP contribution in [0.1, 0.15) is 11.4 Å². The SMILES string of the molecule is Cc1ccc(Nc2cc(N(C)CC#N)nc(C)n2)cc1. The van der Waals surface area contributed by atoms with E-state index in [1.807, 2.05) is 51.2 Å². The van der Waals surface area contributed by atoms with Crippen LogP contribution in [0.25, 0.3) is 0 Å². The van der Waals surface area contributed by atoms with Crippen molar-refractivity contribution in [3.8, 4) is 6.07 Å². The quantitative estimate of drug-likeness (QED) is 0.863. The monoisotopic (exact) mass is 267 g/mol. The van der Waals surface area contributed by atoms with Crippen LogP contribution in [0.2, 0.25) is 0 Å². The van der Waals surface area contributed by atoms with E-state index < -0.39 is 0 Å². The molecule has 102 valence electrons. The zero-order valence-electron chi connectivity index (χ0n) is 11.9. The number of nitrogens with one attached hydrogen (secondary N) is 1. The lowest BCUT2D eigenvalue weighted by Crippen LogP contribution is -2.19. The fourth-order valence-corrected chi connectivity index (χ4v) is 1.78. The zero-order valence-corrected chi connectivity index (χ0v) is 11.9. The molecule has 5 nitrogen and oxygen atoms in total. The van der Waals surface area contributed by atoms with Gasteiger partial charge >= 0.3 is 0 Å². The number of nitriles is 1. The van der Waals surface area contributed by atoms with Crippen LogP contribution in [0.15, 0.2) is 30.3 Å². The molecular formula is C15H17N5. The summed E-state index contributed by atoms with van der Waals surface area (Å²) >= 11 is 0. The number of aryl methyl sites for hydroxylation is 2. The van der Waals surface area contributed by atoms with Gasteiger partial charge in [0.15, 0.2) is 0 Å². The highest BCUT2D eigenvalue weighted by Crippen LogP contribution is 2.19. The molecule has 0 amide bonds. The minimum absolute atomic E-state index is 0.292. The summed E-state index contributed by atoms with van der Waals surface area (Å²) in [6.45, 7) is 4.18. The highest BCUT2D eigenvalue weighted by Gasteiger charge is 2.06. The predicted octanol–water partition coefficient (Wildman–Crippen LogP) is 2.80. The van der Waals surface area contributed by atoms with Crippen LogP contribution in [-0.4, -0.2) is 23.6 Å². The normalized spacial score (nSPS) is 9.90. The number of benzene rings is 1. The number of hydrogen-bond acceptors (Lipinski definition) is 5. The molecule has 1 aromatic carbocycles. The zero-order chi connectivity index (χ0) is 14.5. The second kappa shape index (κ2) is 6.02. The van der Waals surface area contributed by atoms with E-state index in [1.165, 1.54) is 5.56 Å². The molecular weight excluding hydrogens is 250 g/mol. The maximum Gasteiger partial charge on any atom is 0.136 e. The lowest BCUT2D eigenvalue weighted by molar-refractivity contribution is 0.953. The Morgan fingerprint density at radius 3 is 2.55 bits per heavy atom. The fourth-order valence-electron chi connectivity index (χ4n) is 1.78. The summed E-state index contributed by atoms with van der Waals surface area (Å²) in [5.41, 5.74) is 2.19. The van der Waals surface area contributed by atoms with Crippen molar-refractivity contribution in [3.05, 3.63) is 41.7 Å². The second-order valence-electron chi connectivity index (χ2n) is 4.66. The van der Waals surface area contributed by atoms with E-state index in [9.17, 15) is 0 Å². The Labute approximate surface area is 118 Å². The van der Waals surface area contributed by atoms with Crippen molar-refractivity contribution in [2.24, 2.45) is 0 Å². The molecule has 0 atom stereocenters. The third kappa shape index (κ3) is 3.45. The lowest BCUT2D eigenvalue weighted by Gasteiger charge is -2.16. The van der Waals surface area contributed by atoms with Crippen LogP contribution < -0.4 is 10.2 Å². The minimum Gasteiger partial charge on any atom is -0.346 e. The van der Waals surface area contributed by atoms with Gasteiger partial charge in [0.2, 0.25) is 0 Å². The van der Waals surface area contributed by atoms with E-state index in [0.717, 1.165) is 17.3 Å². The van der Waals surface area contributed by atoms with Crippen LogP contribution in [-0.2, 0) is 0 Å². The molecule has 0 saturated carbocycles. The Hall–Kier alpha value is -2.61. The summed E-state index contributed by atoms with van der Waals surface area (Å²) in [7, 11) is 1.83. The van der Waals surface area contributed by atoms with Crippen LogP contribution >= 0.6 is 0 Å². The van der Waals surface area contributed by atoms with E-state index in [0.29, 0.717) is 12.4 Å². The lowest BCUT2D eigenvalue weighted by atomic mass is 10.2. The molecule has 0 aliphatic heterocycles. The van der Waals surface area contributed by atoms with Crippen molar-refractivity contribution >= 4 is 17.3 Å². The molecule has 0 fully saturated rings. The maximum atomic E-state index is 8.75. The number of rotatable bonds is 4. The Morgan fingerprint density at radius 1 is 1.20 bits per heavy atom. The van der Waals surface area contributed by atoms with Crippen molar-refractivity contribution in [1.82, 2.24) is 9.97 Å². The molecule has 0 aliphatic carbocycles. The highest BCUT2D eigenvalue weighted by molar-refractivity contribution is 5.60. The molecule has 1 heterocycles. The summed E-state index contributed by atoms with van der Waals surface area (Å²) < 4.78 is 0. The Balaban J connectivity index is 2.24. The van der Waals surface area contributed by atoms with Gasteiger partial charge in [-0.1, -0.05) is 17.7 Å². The summed E-state index contributed by atoms with van der Waals surface area (Å²) in [6, 6.07) is 12.0. The Kier molecular flexibility index (Phi) is 4.16. The third-order valence-electron chi connectivity index (χ3n) is 2.85. The Morgan fingerprint density at radius 2 is 1.90 bits per heavy atom. The van der Waals surface area contributed by atoms with E-state index in [4.69, 9.17) is 5.26 Å². The summed E-state index contributed by atoms with van der Waals surface area (Å²) in [6.07, 6.45) is 0. The molecule has 20 heavy (non-hydrogen) atoms. The average molecular weight is 267 g/mol. The van der Waals surface area contributed by atoms with E-state index in [1.54, 1.807) is 4.90 Å². The van der Waals surface area contributed by atoms with Gasteiger partial charge in [0.05, 0.1) is 6.07 Å². The Bertz CT molecular complexity index is 628. The average Bonchev–Trinajstić information content (AvgIpc) is 2.41. The molecule has 1 N–H and O–H groups in total. The van der Waals surface area contributed by atoms with E-state index in [2.05, 4.69) is 21.4 Å². The van der Waals surface area contributed by atoms with Crippen molar-refractivity contribution in [2.45, 2.75) is 13.8 Å². The highest BCUT2D eigenvalue weighted by atomic mass is 15.2. The minimum atomic E-state index is 0.292. The van der Waals surface area contributed by atoms with Crippen LogP contribution in [0, 0.1) is 25.2 Å². The van der Waals surface area contributed by atoms with E-state index in [-0.39, 0.29) is 0 Å². The van der Waals surface area contributed by atoms with Gasteiger partial charge in [-0.05, 0) is 26.0 Å². The summed E-state index contributed by atoms with van der Waals surface area (Å²) in [5, 5.41) is 12.0. The molecule has 0 bridgehead atoms. The molecule has 0 aliphatic rings. The molecule has 0 radical (unpaired) electrons. The number of hydrogen-bond donors (Lipinski definition) is 1. The summed E-state index contributed by atoms with van der Waals surface area (Å²) in [4.78, 5) is 10.5. The molecule has 0 unspecified atom stereocenters. The maximum absolute atomic E-state index is 8.75. The number of anilines is 3. The molecule has 0 saturated heterocycles. The van der Waals surface area contributed by atoms with Crippen LogP contribution in [0.4, 0.5) is 17.3 Å². The molecule has 1 aromatic heterocycles. The first-order valence-corrected chi connectivity index (χ1v) is 6.36. The van der Waals surface area contributed by atoms with Gasteiger partial charge in [0.25, 0.3) is 0 Å². The van der Waals surface area contributed by atoms with Gasteiger partial charge in [-0.25, -0.2) is 9.97 Å². The standard InChI is InChI=1S/C15H17N5/c1-11-4-6-13(7-5-11)19-14-10-15(18-12(2)17-14)20(3)9-8-16/h4-7,10H,9H2,1-3H3,(H,17,18,19). The van der Waals surface area contributed by atoms with Gasteiger partial charge < -0.3 is 10.2 Å². The van der Waals surface area contributed by atoms with Crippen LogP contribution in [0.3, 0.4) is 0 Å². The van der Waals surface area contributed by atoms with Gasteiger partial charge in [0.1, 0.15) is 24.0 Å². The first-order chi connectivity index (χ1) is 9.58. The fraction of sp³-hybridized carbons (Fsp3) is 0.267. The van der Waals surface area contributed by atoms with Gasteiger partial charge in [-0.3, -0.25) is 0 Å². The first kappa shape index (κ1) is 13.8. The topological polar surface area (TPSA) is 64.8 Å². The van der Waals surface area contributed by atoms with E-state index >= 15 is 0 Å². The first-order valence-electron chi connectivity index (χ1n) is 6.36. The van der Waals surface area contributed by atoms with Crippen molar-refractivity contribution in [2.75, 3.05) is 23.8 Å². The number of nitrogens with zero attached hydrogens (tertiary/aromatic N) is 4. The van der Waals surface area contributed by atoms with Crippen molar-refractivity contribution in [1.29, 1.82) is 5.26 Å². The van der Waals surface area contributed by atoms with Crippen molar-refractivity contribution in [3.63, 3.8) is 0 Å². The summed E-state index contributed by atoms with van der Waals surface area (Å²) in [5.74, 6) is 2.12. The molecule has 2 aromatic rings. The smallest absolute Gasteiger partial charge is 0.136 e.